The molecule has 0 unspecified atom stereocenters. The first-order valence-electron chi connectivity index (χ1n) is 9.03. The summed E-state index contributed by atoms with van der Waals surface area (Å²) in [5.41, 5.74) is 4.69. The van der Waals surface area contributed by atoms with Gasteiger partial charge in [0.15, 0.2) is 0 Å². The smallest absolute Gasteiger partial charge is 0.344 e. The van der Waals surface area contributed by atoms with Crippen LogP contribution < -0.4 is 10.4 Å². The van der Waals surface area contributed by atoms with Gasteiger partial charge in [-0.25, -0.2) is 4.79 Å². The van der Waals surface area contributed by atoms with E-state index in [1.807, 2.05) is 43.3 Å². The first-order valence-corrected chi connectivity index (χ1v) is 9.41. The first kappa shape index (κ1) is 18.3. The molecule has 0 bridgehead atoms. The molecule has 0 aliphatic rings. The largest absolute Gasteiger partial charge is 0.489 e. The average Bonchev–Trinajstić information content (AvgIpc) is 2.69. The van der Waals surface area contributed by atoms with Gasteiger partial charge < -0.3 is 9.15 Å². The van der Waals surface area contributed by atoms with Gasteiger partial charge in [0.2, 0.25) is 0 Å². The van der Waals surface area contributed by atoms with Crippen LogP contribution in [-0.4, -0.2) is 0 Å². The van der Waals surface area contributed by atoms with Crippen LogP contribution in [-0.2, 0) is 6.61 Å². The maximum absolute atomic E-state index is 12.5. The Balaban J connectivity index is 1.73. The minimum absolute atomic E-state index is 0.360. The number of fused-ring (bicyclic) bond motifs is 1. The number of halogens is 1. The Morgan fingerprint density at radius 3 is 2.46 bits per heavy atom. The molecule has 0 fully saturated rings. The SMILES string of the molecule is Cc1ccccc1COc1ccc2oc(=O)c(-c3ccc(Cl)cc3)c(C)c2c1. The fraction of sp³-hybridized carbons (Fsp3) is 0.125. The second-order valence-electron chi connectivity index (χ2n) is 6.77. The van der Waals surface area contributed by atoms with Gasteiger partial charge in [-0.1, -0.05) is 48.0 Å². The maximum atomic E-state index is 12.5. The molecule has 0 saturated carbocycles. The summed E-state index contributed by atoms with van der Waals surface area (Å²) in [5.74, 6) is 0.731. The zero-order valence-corrected chi connectivity index (χ0v) is 16.4. The van der Waals surface area contributed by atoms with E-state index >= 15 is 0 Å². The zero-order chi connectivity index (χ0) is 19.7. The fourth-order valence-electron chi connectivity index (χ4n) is 3.30. The molecular formula is C24H19ClO3. The summed E-state index contributed by atoms with van der Waals surface area (Å²) in [6.45, 7) is 4.47. The van der Waals surface area contributed by atoms with E-state index in [0.717, 1.165) is 27.8 Å². The lowest BCUT2D eigenvalue weighted by Crippen LogP contribution is -2.06. The van der Waals surface area contributed by atoms with Gasteiger partial charge in [-0.05, 0) is 66.4 Å². The summed E-state index contributed by atoms with van der Waals surface area (Å²) in [6.07, 6.45) is 0. The van der Waals surface area contributed by atoms with E-state index in [1.165, 1.54) is 5.56 Å². The Bertz CT molecular complexity index is 1210. The molecule has 28 heavy (non-hydrogen) atoms. The molecule has 0 N–H and O–H groups in total. The van der Waals surface area contributed by atoms with Gasteiger partial charge in [0.1, 0.15) is 17.9 Å². The highest BCUT2D eigenvalue weighted by Crippen LogP contribution is 2.30. The van der Waals surface area contributed by atoms with Gasteiger partial charge in [0.05, 0.1) is 5.56 Å². The molecule has 140 valence electrons. The van der Waals surface area contributed by atoms with Crippen molar-refractivity contribution in [2.45, 2.75) is 20.5 Å². The fourth-order valence-corrected chi connectivity index (χ4v) is 3.43. The Morgan fingerprint density at radius 2 is 1.71 bits per heavy atom. The zero-order valence-electron chi connectivity index (χ0n) is 15.7. The molecule has 0 saturated heterocycles. The van der Waals surface area contributed by atoms with Crippen LogP contribution in [0.1, 0.15) is 16.7 Å². The minimum atomic E-state index is -0.360. The molecule has 3 nitrogen and oxygen atoms in total. The first-order chi connectivity index (χ1) is 13.5. The summed E-state index contributed by atoms with van der Waals surface area (Å²) in [5, 5.41) is 1.48. The van der Waals surface area contributed by atoms with E-state index in [0.29, 0.717) is 22.8 Å². The van der Waals surface area contributed by atoms with E-state index in [9.17, 15) is 4.79 Å². The third kappa shape index (κ3) is 3.54. The van der Waals surface area contributed by atoms with Crippen LogP contribution in [0.3, 0.4) is 0 Å². The van der Waals surface area contributed by atoms with Crippen LogP contribution in [0.25, 0.3) is 22.1 Å². The van der Waals surface area contributed by atoms with E-state index in [1.54, 1.807) is 18.2 Å². The predicted molar refractivity (Wildman–Crippen MR) is 113 cm³/mol. The lowest BCUT2D eigenvalue weighted by molar-refractivity contribution is 0.305. The Labute approximate surface area is 168 Å². The Morgan fingerprint density at radius 1 is 0.964 bits per heavy atom. The van der Waals surface area contributed by atoms with Crippen LogP contribution >= 0.6 is 11.6 Å². The Kier molecular flexibility index (Phi) is 4.93. The summed E-state index contributed by atoms with van der Waals surface area (Å²) < 4.78 is 11.5. The summed E-state index contributed by atoms with van der Waals surface area (Å²) in [4.78, 5) is 12.5. The summed E-state index contributed by atoms with van der Waals surface area (Å²) in [6, 6.07) is 20.8. The van der Waals surface area contributed by atoms with Gasteiger partial charge in [-0.3, -0.25) is 0 Å². The van der Waals surface area contributed by atoms with Crippen molar-refractivity contribution in [2.24, 2.45) is 0 Å². The standard InChI is InChI=1S/C24H19ClO3/c1-15-5-3-4-6-18(15)14-27-20-11-12-22-21(13-20)16(2)23(24(26)28-22)17-7-9-19(25)10-8-17/h3-13H,14H2,1-2H3. The predicted octanol–water partition coefficient (Wildman–Crippen LogP) is 6.31. The van der Waals surface area contributed by atoms with E-state index in [4.69, 9.17) is 20.8 Å². The number of hydrogen-bond acceptors (Lipinski definition) is 3. The number of hydrogen-bond donors (Lipinski definition) is 0. The molecule has 4 heteroatoms. The second-order valence-corrected chi connectivity index (χ2v) is 7.21. The van der Waals surface area contributed by atoms with Crippen LogP contribution in [0.2, 0.25) is 5.02 Å². The summed E-state index contributed by atoms with van der Waals surface area (Å²) in [7, 11) is 0. The van der Waals surface area contributed by atoms with Crippen LogP contribution in [0.15, 0.2) is 75.9 Å². The molecule has 0 radical (unpaired) electrons. The van der Waals surface area contributed by atoms with Crippen LogP contribution in [0, 0.1) is 13.8 Å². The number of aryl methyl sites for hydroxylation is 2. The average molecular weight is 391 g/mol. The van der Waals surface area contributed by atoms with Crippen molar-refractivity contribution in [1.29, 1.82) is 0 Å². The van der Waals surface area contributed by atoms with E-state index < -0.39 is 0 Å². The van der Waals surface area contributed by atoms with Crippen molar-refractivity contribution >= 4 is 22.6 Å². The van der Waals surface area contributed by atoms with Crippen molar-refractivity contribution in [1.82, 2.24) is 0 Å². The van der Waals surface area contributed by atoms with Gasteiger partial charge in [0.25, 0.3) is 0 Å². The molecule has 0 amide bonds. The molecule has 4 rings (SSSR count). The van der Waals surface area contributed by atoms with Crippen molar-refractivity contribution < 1.29 is 9.15 Å². The molecular weight excluding hydrogens is 372 g/mol. The van der Waals surface area contributed by atoms with E-state index in [-0.39, 0.29) is 5.63 Å². The van der Waals surface area contributed by atoms with Crippen molar-refractivity contribution in [3.05, 3.63) is 98.9 Å². The lowest BCUT2D eigenvalue weighted by atomic mass is 9.99. The van der Waals surface area contributed by atoms with Crippen molar-refractivity contribution in [3.63, 3.8) is 0 Å². The van der Waals surface area contributed by atoms with Gasteiger partial charge in [0, 0.05) is 10.4 Å². The monoisotopic (exact) mass is 390 g/mol. The normalized spacial score (nSPS) is 11.0. The highest BCUT2D eigenvalue weighted by Gasteiger charge is 2.14. The lowest BCUT2D eigenvalue weighted by Gasteiger charge is -2.11. The minimum Gasteiger partial charge on any atom is -0.489 e. The van der Waals surface area contributed by atoms with Crippen molar-refractivity contribution in [3.8, 4) is 16.9 Å². The quantitative estimate of drug-likeness (QED) is 0.383. The number of benzene rings is 3. The molecule has 0 spiro atoms. The number of ether oxygens (including phenoxy) is 1. The molecule has 4 aromatic rings. The van der Waals surface area contributed by atoms with Gasteiger partial charge in [-0.2, -0.15) is 0 Å². The molecule has 0 aliphatic carbocycles. The molecule has 0 atom stereocenters. The van der Waals surface area contributed by atoms with Crippen molar-refractivity contribution in [2.75, 3.05) is 0 Å². The highest BCUT2D eigenvalue weighted by atomic mass is 35.5. The molecule has 3 aromatic carbocycles. The second kappa shape index (κ2) is 7.53. The maximum Gasteiger partial charge on any atom is 0.344 e. The van der Waals surface area contributed by atoms with Crippen LogP contribution in [0.5, 0.6) is 5.75 Å². The topological polar surface area (TPSA) is 39.4 Å². The van der Waals surface area contributed by atoms with Crippen LogP contribution in [0.4, 0.5) is 0 Å². The molecule has 0 aliphatic heterocycles. The summed E-state index contributed by atoms with van der Waals surface area (Å²) >= 11 is 5.97. The van der Waals surface area contributed by atoms with E-state index in [2.05, 4.69) is 19.1 Å². The Hall–Kier alpha value is -3.04. The third-order valence-electron chi connectivity index (χ3n) is 4.93. The molecule has 1 heterocycles. The molecule has 1 aromatic heterocycles. The number of rotatable bonds is 4. The van der Waals surface area contributed by atoms with Gasteiger partial charge >= 0.3 is 5.63 Å². The third-order valence-corrected chi connectivity index (χ3v) is 5.18. The van der Waals surface area contributed by atoms with Gasteiger partial charge in [-0.15, -0.1) is 0 Å². The highest BCUT2D eigenvalue weighted by molar-refractivity contribution is 6.30.